The number of carbonyl (C=O) groups excluding carboxylic acids is 3. The number of primary amides is 1. The zero-order chi connectivity index (χ0) is 20.4. The van der Waals surface area contributed by atoms with Crippen LogP contribution in [-0.4, -0.2) is 17.6 Å². The predicted octanol–water partition coefficient (Wildman–Crippen LogP) is 4.06. The Kier molecular flexibility index (Phi) is 8.21. The number of amides is 2. The molecule has 2 aromatic carbocycles. The van der Waals surface area contributed by atoms with Crippen LogP contribution in [0.4, 0.5) is 5.69 Å². The zero-order valence-electron chi connectivity index (χ0n) is 16.0. The molecular formula is C22H26N2O4. The lowest BCUT2D eigenvalue weighted by molar-refractivity contribution is -0.137. The Balaban J connectivity index is 1.78. The number of Topliss-reactive ketones (excluding diaryl/α,β-unsaturated/α-hetero) is 1. The Morgan fingerprint density at radius 2 is 1.57 bits per heavy atom. The van der Waals surface area contributed by atoms with Crippen LogP contribution in [0.15, 0.2) is 54.6 Å². The standard InChI is InChI=1S/C22H26N2O4/c1-16(8-4-2-7-11-20(23)25)21(26)22(27)24-17-12-14-19(15-13-17)28-18-9-5-3-6-10-18/h3,5-6,9-10,12-16H,2,4,7-8,11H2,1H3,(H2,23,25)(H,24,27). The van der Waals surface area contributed by atoms with E-state index in [2.05, 4.69) is 5.32 Å². The van der Waals surface area contributed by atoms with Crippen molar-refractivity contribution in [2.45, 2.75) is 39.0 Å². The first-order valence-electron chi connectivity index (χ1n) is 9.42. The smallest absolute Gasteiger partial charge is 0.292 e. The minimum atomic E-state index is -0.624. The van der Waals surface area contributed by atoms with Crippen LogP contribution in [0.25, 0.3) is 0 Å². The van der Waals surface area contributed by atoms with Crippen molar-refractivity contribution in [3.63, 3.8) is 0 Å². The van der Waals surface area contributed by atoms with Gasteiger partial charge >= 0.3 is 0 Å². The third-order valence-corrected chi connectivity index (χ3v) is 4.32. The van der Waals surface area contributed by atoms with Gasteiger partial charge in [-0.25, -0.2) is 0 Å². The van der Waals surface area contributed by atoms with Gasteiger partial charge < -0.3 is 15.8 Å². The van der Waals surface area contributed by atoms with Crippen LogP contribution in [0.5, 0.6) is 11.5 Å². The molecule has 0 spiro atoms. The molecule has 3 N–H and O–H groups in total. The van der Waals surface area contributed by atoms with E-state index >= 15 is 0 Å². The van der Waals surface area contributed by atoms with Crippen molar-refractivity contribution in [3.8, 4) is 11.5 Å². The van der Waals surface area contributed by atoms with Crippen LogP contribution in [0, 0.1) is 5.92 Å². The first-order valence-corrected chi connectivity index (χ1v) is 9.42. The maximum absolute atomic E-state index is 12.2. The molecule has 0 aliphatic carbocycles. The zero-order valence-corrected chi connectivity index (χ0v) is 16.0. The van der Waals surface area contributed by atoms with E-state index < -0.39 is 11.7 Å². The molecule has 1 atom stereocenters. The third-order valence-electron chi connectivity index (χ3n) is 4.32. The first kappa shape index (κ1) is 21.2. The molecule has 0 aliphatic rings. The lowest BCUT2D eigenvalue weighted by Crippen LogP contribution is -2.28. The molecule has 0 radical (unpaired) electrons. The van der Waals surface area contributed by atoms with E-state index in [1.807, 2.05) is 30.3 Å². The van der Waals surface area contributed by atoms with Crippen LogP contribution in [0.1, 0.15) is 39.0 Å². The van der Waals surface area contributed by atoms with Gasteiger partial charge in [-0.2, -0.15) is 0 Å². The van der Waals surface area contributed by atoms with E-state index in [9.17, 15) is 14.4 Å². The summed E-state index contributed by atoms with van der Waals surface area (Å²) in [4.78, 5) is 35.1. The predicted molar refractivity (Wildman–Crippen MR) is 108 cm³/mol. The maximum atomic E-state index is 12.2. The van der Waals surface area contributed by atoms with Crippen molar-refractivity contribution in [2.75, 3.05) is 5.32 Å². The highest BCUT2D eigenvalue weighted by molar-refractivity contribution is 6.41. The fourth-order valence-corrected chi connectivity index (χ4v) is 2.71. The topological polar surface area (TPSA) is 98.5 Å². The van der Waals surface area contributed by atoms with E-state index in [0.717, 1.165) is 18.6 Å². The van der Waals surface area contributed by atoms with E-state index in [-0.39, 0.29) is 11.8 Å². The van der Waals surface area contributed by atoms with Gasteiger partial charge in [0.2, 0.25) is 11.7 Å². The van der Waals surface area contributed by atoms with Gasteiger partial charge in [-0.05, 0) is 49.2 Å². The maximum Gasteiger partial charge on any atom is 0.292 e. The number of hydrogen-bond acceptors (Lipinski definition) is 4. The van der Waals surface area contributed by atoms with Gasteiger partial charge in [-0.15, -0.1) is 0 Å². The van der Waals surface area contributed by atoms with Crippen molar-refractivity contribution < 1.29 is 19.1 Å². The number of rotatable bonds is 11. The van der Waals surface area contributed by atoms with Crippen LogP contribution in [0.3, 0.4) is 0 Å². The Labute approximate surface area is 165 Å². The lowest BCUT2D eigenvalue weighted by atomic mass is 9.98. The number of anilines is 1. The van der Waals surface area contributed by atoms with Gasteiger partial charge in [0.1, 0.15) is 11.5 Å². The SMILES string of the molecule is CC(CCCCCC(N)=O)C(=O)C(=O)Nc1ccc(Oc2ccccc2)cc1. The number of unbranched alkanes of at least 4 members (excludes halogenated alkanes) is 2. The molecule has 6 heteroatoms. The molecule has 0 fully saturated rings. The third kappa shape index (κ3) is 7.23. The Bertz CT molecular complexity index is 788. The highest BCUT2D eigenvalue weighted by Crippen LogP contribution is 2.22. The summed E-state index contributed by atoms with van der Waals surface area (Å²) in [6.07, 6.45) is 3.26. The van der Waals surface area contributed by atoms with E-state index in [1.165, 1.54) is 0 Å². The summed E-state index contributed by atoms with van der Waals surface area (Å²) in [6, 6.07) is 16.2. The fourth-order valence-electron chi connectivity index (χ4n) is 2.71. The summed E-state index contributed by atoms with van der Waals surface area (Å²) in [7, 11) is 0. The molecule has 0 saturated carbocycles. The molecule has 0 aliphatic heterocycles. The van der Waals surface area contributed by atoms with E-state index in [1.54, 1.807) is 31.2 Å². The molecule has 2 amide bonds. The Morgan fingerprint density at radius 3 is 2.21 bits per heavy atom. The van der Waals surface area contributed by atoms with Crippen molar-refractivity contribution in [1.29, 1.82) is 0 Å². The van der Waals surface area contributed by atoms with Crippen LogP contribution < -0.4 is 15.8 Å². The van der Waals surface area contributed by atoms with Gasteiger partial charge in [0.15, 0.2) is 0 Å². The first-order chi connectivity index (χ1) is 13.5. The van der Waals surface area contributed by atoms with Gasteiger partial charge in [0, 0.05) is 18.0 Å². The summed E-state index contributed by atoms with van der Waals surface area (Å²) >= 11 is 0. The molecule has 148 valence electrons. The van der Waals surface area contributed by atoms with E-state index in [0.29, 0.717) is 30.7 Å². The quantitative estimate of drug-likeness (QED) is 0.452. The highest BCUT2D eigenvalue weighted by atomic mass is 16.5. The molecule has 28 heavy (non-hydrogen) atoms. The Hall–Kier alpha value is -3.15. The number of ether oxygens (including phenoxy) is 1. The monoisotopic (exact) mass is 382 g/mol. The molecule has 2 rings (SSSR count). The second-order valence-corrected chi connectivity index (χ2v) is 6.72. The largest absolute Gasteiger partial charge is 0.457 e. The average Bonchev–Trinajstić information content (AvgIpc) is 2.69. The minimum absolute atomic E-state index is 0.316. The Morgan fingerprint density at radius 1 is 0.929 bits per heavy atom. The minimum Gasteiger partial charge on any atom is -0.457 e. The molecule has 0 saturated heterocycles. The van der Waals surface area contributed by atoms with E-state index in [4.69, 9.17) is 10.5 Å². The normalized spacial score (nSPS) is 11.5. The second-order valence-electron chi connectivity index (χ2n) is 6.72. The summed E-state index contributed by atoms with van der Waals surface area (Å²) in [5, 5.41) is 2.62. The number of nitrogens with one attached hydrogen (secondary N) is 1. The summed E-state index contributed by atoms with van der Waals surface area (Å²) in [6.45, 7) is 1.74. The second kappa shape index (κ2) is 10.9. The molecule has 0 heterocycles. The molecule has 1 unspecified atom stereocenters. The van der Waals surface area contributed by atoms with Gasteiger partial charge in [-0.3, -0.25) is 14.4 Å². The number of carbonyl (C=O) groups is 3. The lowest BCUT2D eigenvalue weighted by Gasteiger charge is -2.11. The van der Waals surface area contributed by atoms with Crippen LogP contribution >= 0.6 is 0 Å². The van der Waals surface area contributed by atoms with Crippen molar-refractivity contribution >= 4 is 23.3 Å². The molecule has 0 bridgehead atoms. The summed E-state index contributed by atoms with van der Waals surface area (Å²) < 4.78 is 5.69. The number of para-hydroxylation sites is 1. The molecular weight excluding hydrogens is 356 g/mol. The molecule has 2 aromatic rings. The van der Waals surface area contributed by atoms with Crippen molar-refractivity contribution in [3.05, 3.63) is 54.6 Å². The highest BCUT2D eigenvalue weighted by Gasteiger charge is 2.21. The summed E-state index contributed by atoms with van der Waals surface area (Å²) in [5.74, 6) is -0.391. The number of nitrogens with two attached hydrogens (primary N) is 1. The van der Waals surface area contributed by atoms with Gasteiger partial charge in [0.25, 0.3) is 5.91 Å². The molecule has 0 aromatic heterocycles. The average molecular weight is 382 g/mol. The number of hydrogen-bond donors (Lipinski definition) is 2. The molecule has 6 nitrogen and oxygen atoms in total. The number of ketones is 1. The van der Waals surface area contributed by atoms with Gasteiger partial charge in [-0.1, -0.05) is 38.0 Å². The van der Waals surface area contributed by atoms with Gasteiger partial charge in [0.05, 0.1) is 0 Å². The summed E-state index contributed by atoms with van der Waals surface area (Å²) in [5.41, 5.74) is 5.62. The number of benzene rings is 2. The van der Waals surface area contributed by atoms with Crippen LogP contribution in [0.2, 0.25) is 0 Å². The van der Waals surface area contributed by atoms with Crippen molar-refractivity contribution in [1.82, 2.24) is 0 Å². The van der Waals surface area contributed by atoms with Crippen LogP contribution in [-0.2, 0) is 14.4 Å². The van der Waals surface area contributed by atoms with Crippen molar-refractivity contribution in [2.24, 2.45) is 11.7 Å². The fraction of sp³-hybridized carbons (Fsp3) is 0.318.